The molecule has 3 rings (SSSR count). The summed E-state index contributed by atoms with van der Waals surface area (Å²) in [4.78, 5) is 14.4. The van der Waals surface area contributed by atoms with Crippen molar-refractivity contribution in [2.75, 3.05) is 39.4 Å². The van der Waals surface area contributed by atoms with Gasteiger partial charge in [-0.2, -0.15) is 0 Å². The topological polar surface area (TPSA) is 41.6 Å². The van der Waals surface area contributed by atoms with Gasteiger partial charge in [-0.15, -0.1) is 0 Å². The average Bonchev–Trinajstić information content (AvgIpc) is 2.97. The lowest BCUT2D eigenvalue weighted by atomic mass is 9.92. The van der Waals surface area contributed by atoms with E-state index in [1.807, 2.05) is 0 Å². The number of carbonyl (C=O) groups is 1. The van der Waals surface area contributed by atoms with Gasteiger partial charge in [0.25, 0.3) is 0 Å². The average molecular weight is 238 g/mol. The maximum atomic E-state index is 12.3. The van der Waals surface area contributed by atoms with Crippen LogP contribution in [-0.4, -0.2) is 50.2 Å². The van der Waals surface area contributed by atoms with Crippen molar-refractivity contribution in [1.82, 2.24) is 10.2 Å². The van der Waals surface area contributed by atoms with Gasteiger partial charge >= 0.3 is 0 Å². The molecule has 0 aromatic carbocycles. The molecule has 3 atom stereocenters. The van der Waals surface area contributed by atoms with Crippen LogP contribution in [0.3, 0.4) is 0 Å². The highest BCUT2D eigenvalue weighted by Gasteiger charge is 2.34. The lowest BCUT2D eigenvalue weighted by Gasteiger charge is -2.23. The van der Waals surface area contributed by atoms with Crippen LogP contribution in [0.15, 0.2) is 0 Å². The van der Waals surface area contributed by atoms with E-state index in [2.05, 4.69) is 10.2 Å². The van der Waals surface area contributed by atoms with E-state index in [0.717, 1.165) is 51.0 Å². The summed E-state index contributed by atoms with van der Waals surface area (Å²) in [5.74, 6) is 2.08. The Labute approximate surface area is 103 Å². The first-order valence-corrected chi connectivity index (χ1v) is 6.92. The van der Waals surface area contributed by atoms with Gasteiger partial charge in [0.05, 0.1) is 12.5 Å². The van der Waals surface area contributed by atoms with E-state index in [1.54, 1.807) is 0 Å². The van der Waals surface area contributed by atoms with Crippen LogP contribution in [0, 0.1) is 17.8 Å². The van der Waals surface area contributed by atoms with Crippen LogP contribution in [0.4, 0.5) is 0 Å². The maximum Gasteiger partial charge on any atom is 0.228 e. The Bertz CT molecular complexity index is 275. The molecule has 0 spiro atoms. The van der Waals surface area contributed by atoms with Crippen LogP contribution in [0.2, 0.25) is 0 Å². The monoisotopic (exact) mass is 238 g/mol. The summed E-state index contributed by atoms with van der Waals surface area (Å²) < 4.78 is 5.32. The van der Waals surface area contributed by atoms with E-state index in [-0.39, 0.29) is 5.92 Å². The predicted octanol–water partition coefficient (Wildman–Crippen LogP) is 0.481. The maximum absolute atomic E-state index is 12.3. The second-order valence-corrected chi connectivity index (χ2v) is 5.64. The van der Waals surface area contributed by atoms with Gasteiger partial charge in [0.2, 0.25) is 5.91 Å². The number of amides is 1. The van der Waals surface area contributed by atoms with Gasteiger partial charge in [-0.1, -0.05) is 0 Å². The molecule has 3 aliphatic rings. The fraction of sp³-hybridized carbons (Fsp3) is 0.923. The van der Waals surface area contributed by atoms with Gasteiger partial charge in [0.15, 0.2) is 0 Å². The van der Waals surface area contributed by atoms with Crippen LogP contribution in [0.1, 0.15) is 19.3 Å². The molecule has 4 heteroatoms. The second-order valence-electron chi connectivity index (χ2n) is 5.64. The number of hydrogen-bond donors (Lipinski definition) is 1. The number of ether oxygens (including phenoxy) is 1. The minimum atomic E-state index is 0.145. The molecule has 17 heavy (non-hydrogen) atoms. The van der Waals surface area contributed by atoms with Crippen molar-refractivity contribution in [3.05, 3.63) is 0 Å². The summed E-state index contributed by atoms with van der Waals surface area (Å²) in [6, 6.07) is 0. The molecule has 0 aliphatic carbocycles. The minimum absolute atomic E-state index is 0.145. The summed E-state index contributed by atoms with van der Waals surface area (Å²) >= 11 is 0. The molecule has 0 saturated carbocycles. The Morgan fingerprint density at radius 3 is 2.41 bits per heavy atom. The van der Waals surface area contributed by atoms with Gasteiger partial charge in [-0.3, -0.25) is 4.79 Å². The van der Waals surface area contributed by atoms with Crippen molar-refractivity contribution in [3.63, 3.8) is 0 Å². The third kappa shape index (κ3) is 2.33. The first-order chi connectivity index (χ1) is 8.34. The molecule has 1 N–H and O–H groups in total. The van der Waals surface area contributed by atoms with Crippen molar-refractivity contribution in [2.24, 2.45) is 17.8 Å². The molecule has 3 heterocycles. The molecule has 96 valence electrons. The third-order valence-electron chi connectivity index (χ3n) is 4.61. The van der Waals surface area contributed by atoms with E-state index in [0.29, 0.717) is 12.5 Å². The lowest BCUT2D eigenvalue weighted by molar-refractivity contribution is -0.135. The Kier molecular flexibility index (Phi) is 3.34. The first kappa shape index (κ1) is 11.5. The smallest absolute Gasteiger partial charge is 0.228 e. The fourth-order valence-electron chi connectivity index (χ4n) is 3.43. The van der Waals surface area contributed by atoms with Crippen molar-refractivity contribution < 1.29 is 9.53 Å². The second kappa shape index (κ2) is 4.94. The van der Waals surface area contributed by atoms with Crippen LogP contribution in [-0.2, 0) is 9.53 Å². The number of fused-ring (bicyclic) bond motifs is 1. The molecule has 0 aromatic rings. The van der Waals surface area contributed by atoms with Crippen molar-refractivity contribution in [1.29, 1.82) is 0 Å². The number of rotatable bonds is 1. The van der Waals surface area contributed by atoms with Crippen LogP contribution in [0.25, 0.3) is 0 Å². The quantitative estimate of drug-likeness (QED) is 0.722. The van der Waals surface area contributed by atoms with E-state index in [4.69, 9.17) is 4.74 Å². The summed E-state index contributed by atoms with van der Waals surface area (Å²) in [6.45, 7) is 5.62. The highest BCUT2D eigenvalue weighted by atomic mass is 16.5. The normalized spacial score (nSPS) is 37.9. The Morgan fingerprint density at radius 1 is 1.12 bits per heavy atom. The summed E-state index contributed by atoms with van der Waals surface area (Å²) in [5, 5.41) is 3.47. The molecular weight excluding hydrogens is 216 g/mol. The van der Waals surface area contributed by atoms with Crippen LogP contribution in [0.5, 0.6) is 0 Å². The highest BCUT2D eigenvalue weighted by molar-refractivity contribution is 5.79. The van der Waals surface area contributed by atoms with Crippen molar-refractivity contribution >= 4 is 5.91 Å². The summed E-state index contributed by atoms with van der Waals surface area (Å²) in [6.07, 6.45) is 3.28. The number of hydrogen-bond acceptors (Lipinski definition) is 3. The Balaban J connectivity index is 1.59. The van der Waals surface area contributed by atoms with Gasteiger partial charge in [-0.05, 0) is 44.2 Å². The van der Waals surface area contributed by atoms with E-state index < -0.39 is 0 Å². The molecule has 4 nitrogen and oxygen atoms in total. The minimum Gasteiger partial charge on any atom is -0.381 e. The zero-order chi connectivity index (χ0) is 11.7. The molecular formula is C13H22N2O2. The third-order valence-corrected chi connectivity index (χ3v) is 4.61. The SMILES string of the molecule is O=C(C1CCOC1)N1CC[C@@H]2CNC[C@@H]2CC1. The van der Waals surface area contributed by atoms with Crippen LogP contribution < -0.4 is 5.32 Å². The van der Waals surface area contributed by atoms with Gasteiger partial charge in [-0.25, -0.2) is 0 Å². The largest absolute Gasteiger partial charge is 0.381 e. The zero-order valence-electron chi connectivity index (χ0n) is 10.4. The number of nitrogens with one attached hydrogen (secondary N) is 1. The number of likely N-dealkylation sites (tertiary alicyclic amines) is 1. The molecule has 0 bridgehead atoms. The molecule has 3 fully saturated rings. The molecule has 3 aliphatic heterocycles. The Morgan fingerprint density at radius 2 is 1.82 bits per heavy atom. The lowest BCUT2D eigenvalue weighted by Crippen LogP contribution is -2.37. The molecule has 1 amide bonds. The standard InChI is InChI=1S/C13H22N2O2/c16-13(12-3-6-17-9-12)15-4-1-10-7-14-8-11(10)2-5-15/h10-12,14H,1-9H2/t10-,11+,12?. The highest BCUT2D eigenvalue weighted by Crippen LogP contribution is 2.28. The molecule has 1 unspecified atom stereocenters. The Hall–Kier alpha value is -0.610. The van der Waals surface area contributed by atoms with E-state index in [9.17, 15) is 4.79 Å². The van der Waals surface area contributed by atoms with E-state index >= 15 is 0 Å². The predicted molar refractivity (Wildman–Crippen MR) is 64.6 cm³/mol. The molecule has 3 saturated heterocycles. The summed E-state index contributed by atoms with van der Waals surface area (Å²) in [5.41, 5.74) is 0. The number of carbonyl (C=O) groups excluding carboxylic acids is 1. The zero-order valence-corrected chi connectivity index (χ0v) is 10.4. The van der Waals surface area contributed by atoms with Crippen molar-refractivity contribution in [2.45, 2.75) is 19.3 Å². The fourth-order valence-corrected chi connectivity index (χ4v) is 3.43. The van der Waals surface area contributed by atoms with Crippen molar-refractivity contribution in [3.8, 4) is 0 Å². The van der Waals surface area contributed by atoms with E-state index in [1.165, 1.54) is 12.8 Å². The molecule has 0 radical (unpaired) electrons. The van der Waals surface area contributed by atoms with Gasteiger partial charge < -0.3 is 15.0 Å². The first-order valence-electron chi connectivity index (χ1n) is 6.92. The summed E-state index contributed by atoms with van der Waals surface area (Å²) in [7, 11) is 0. The van der Waals surface area contributed by atoms with Crippen LogP contribution >= 0.6 is 0 Å². The van der Waals surface area contributed by atoms with Gasteiger partial charge in [0, 0.05) is 19.7 Å². The molecule has 0 aromatic heterocycles. The number of nitrogens with zero attached hydrogens (tertiary/aromatic N) is 1. The van der Waals surface area contributed by atoms with Gasteiger partial charge in [0.1, 0.15) is 0 Å².